The van der Waals surface area contributed by atoms with Gasteiger partial charge in [-0.1, -0.05) is 0 Å². The molecule has 0 atom stereocenters. The number of nitrogens with one attached hydrogen (secondary N) is 1. The maximum Gasteiger partial charge on any atom is 0.248 e. The fourth-order valence-electron chi connectivity index (χ4n) is 2.07. The van der Waals surface area contributed by atoms with Crippen molar-refractivity contribution in [3.63, 3.8) is 0 Å². The smallest absolute Gasteiger partial charge is 0.248 e. The third-order valence-corrected chi connectivity index (χ3v) is 3.39. The molecule has 0 aliphatic heterocycles. The predicted molar refractivity (Wildman–Crippen MR) is 69.8 cm³/mol. The first kappa shape index (κ1) is 11.8. The van der Waals surface area contributed by atoms with E-state index in [0.29, 0.717) is 17.2 Å². The summed E-state index contributed by atoms with van der Waals surface area (Å²) in [6.45, 7) is 4.31. The number of nitrogens with two attached hydrogens (primary N) is 2. The summed E-state index contributed by atoms with van der Waals surface area (Å²) in [7, 11) is 0. The number of primary amides is 1. The molecule has 0 radical (unpaired) electrons. The standard InChI is InChI=1S/C13H19N3O/c1-13(2,9-4-5-9)16-11-7-8(12(15)17)3-6-10(11)14/h3,6-7,9,16H,4-5,14H2,1-2H3,(H2,15,17). The van der Waals surface area contributed by atoms with Crippen LogP contribution >= 0.6 is 0 Å². The van der Waals surface area contributed by atoms with Crippen molar-refractivity contribution >= 4 is 17.3 Å². The normalized spacial score (nSPS) is 15.6. The third kappa shape index (κ3) is 2.52. The highest BCUT2D eigenvalue weighted by atomic mass is 16.1. The first-order chi connectivity index (χ1) is 7.90. The van der Waals surface area contributed by atoms with Gasteiger partial charge in [-0.15, -0.1) is 0 Å². The van der Waals surface area contributed by atoms with Gasteiger partial charge in [-0.25, -0.2) is 0 Å². The van der Waals surface area contributed by atoms with E-state index in [9.17, 15) is 4.79 Å². The van der Waals surface area contributed by atoms with Gasteiger partial charge in [0.15, 0.2) is 0 Å². The summed E-state index contributed by atoms with van der Waals surface area (Å²) in [5.41, 5.74) is 13.1. The molecule has 5 N–H and O–H groups in total. The molecule has 0 bridgehead atoms. The van der Waals surface area contributed by atoms with Crippen LogP contribution in [0.15, 0.2) is 18.2 Å². The third-order valence-electron chi connectivity index (χ3n) is 3.39. The van der Waals surface area contributed by atoms with Crippen LogP contribution in [0.4, 0.5) is 11.4 Å². The minimum absolute atomic E-state index is 0.00435. The summed E-state index contributed by atoms with van der Waals surface area (Å²) >= 11 is 0. The van der Waals surface area contributed by atoms with Crippen LogP contribution in [0.5, 0.6) is 0 Å². The Bertz CT molecular complexity index is 450. The van der Waals surface area contributed by atoms with Gasteiger partial charge in [-0.3, -0.25) is 4.79 Å². The van der Waals surface area contributed by atoms with Crippen LogP contribution in [0.1, 0.15) is 37.0 Å². The monoisotopic (exact) mass is 233 g/mol. The minimum atomic E-state index is -0.433. The molecular formula is C13H19N3O. The highest BCUT2D eigenvalue weighted by molar-refractivity contribution is 5.95. The molecular weight excluding hydrogens is 214 g/mol. The van der Waals surface area contributed by atoms with Crippen LogP contribution in [0.3, 0.4) is 0 Å². The fraction of sp³-hybridized carbons (Fsp3) is 0.462. The largest absolute Gasteiger partial charge is 0.397 e. The molecule has 1 aromatic carbocycles. The van der Waals surface area contributed by atoms with E-state index in [2.05, 4.69) is 19.2 Å². The molecule has 0 heterocycles. The van der Waals surface area contributed by atoms with Crippen molar-refractivity contribution < 1.29 is 4.79 Å². The Kier molecular flexibility index (Phi) is 2.73. The molecule has 0 spiro atoms. The highest BCUT2D eigenvalue weighted by Crippen LogP contribution is 2.41. The van der Waals surface area contributed by atoms with Gasteiger partial charge in [0.1, 0.15) is 0 Å². The lowest BCUT2D eigenvalue weighted by atomic mass is 9.97. The quantitative estimate of drug-likeness (QED) is 0.695. The molecule has 4 heteroatoms. The minimum Gasteiger partial charge on any atom is -0.397 e. The Balaban J connectivity index is 2.24. The Morgan fingerprint density at radius 3 is 2.59 bits per heavy atom. The second kappa shape index (κ2) is 3.95. The number of hydrogen-bond acceptors (Lipinski definition) is 3. The number of carbonyl (C=O) groups excluding carboxylic acids is 1. The first-order valence-corrected chi connectivity index (χ1v) is 5.87. The van der Waals surface area contributed by atoms with Gasteiger partial charge in [0.05, 0.1) is 11.4 Å². The topological polar surface area (TPSA) is 81.1 Å². The van der Waals surface area contributed by atoms with Crippen molar-refractivity contribution in [2.24, 2.45) is 11.7 Å². The first-order valence-electron chi connectivity index (χ1n) is 5.87. The van der Waals surface area contributed by atoms with Crippen LogP contribution in [0.2, 0.25) is 0 Å². The van der Waals surface area contributed by atoms with Gasteiger partial charge in [0.2, 0.25) is 5.91 Å². The summed E-state index contributed by atoms with van der Waals surface area (Å²) in [5.74, 6) is 0.247. The number of nitrogen functional groups attached to an aromatic ring is 1. The zero-order valence-electron chi connectivity index (χ0n) is 10.3. The van der Waals surface area contributed by atoms with E-state index < -0.39 is 5.91 Å². The Morgan fingerprint density at radius 2 is 2.06 bits per heavy atom. The van der Waals surface area contributed by atoms with Gasteiger partial charge >= 0.3 is 0 Å². The molecule has 0 aromatic heterocycles. The van der Waals surface area contributed by atoms with Crippen LogP contribution in [-0.4, -0.2) is 11.4 Å². The SMILES string of the molecule is CC(C)(Nc1cc(C(N)=O)ccc1N)C1CC1. The summed E-state index contributed by atoms with van der Waals surface area (Å²) in [6.07, 6.45) is 2.49. The second-order valence-electron chi connectivity index (χ2n) is 5.29. The average molecular weight is 233 g/mol. The number of amides is 1. The predicted octanol–water partition coefficient (Wildman–Crippen LogP) is 1.97. The van der Waals surface area contributed by atoms with Crippen molar-refractivity contribution in [1.82, 2.24) is 0 Å². The molecule has 92 valence electrons. The second-order valence-corrected chi connectivity index (χ2v) is 5.29. The van der Waals surface area contributed by atoms with Crippen LogP contribution in [-0.2, 0) is 0 Å². The maximum atomic E-state index is 11.1. The Morgan fingerprint density at radius 1 is 1.41 bits per heavy atom. The van der Waals surface area contributed by atoms with E-state index in [-0.39, 0.29) is 5.54 Å². The van der Waals surface area contributed by atoms with Gasteiger partial charge in [0, 0.05) is 11.1 Å². The maximum absolute atomic E-state index is 11.1. The lowest BCUT2D eigenvalue weighted by molar-refractivity contribution is 0.100. The van der Waals surface area contributed by atoms with Crippen LogP contribution in [0.25, 0.3) is 0 Å². The van der Waals surface area contributed by atoms with Crippen LogP contribution in [0, 0.1) is 5.92 Å². The van der Waals surface area contributed by atoms with Crippen molar-refractivity contribution in [2.75, 3.05) is 11.1 Å². The van der Waals surface area contributed by atoms with Crippen molar-refractivity contribution in [2.45, 2.75) is 32.2 Å². The zero-order chi connectivity index (χ0) is 12.6. The number of anilines is 2. The summed E-state index contributed by atoms with van der Waals surface area (Å²) in [6, 6.07) is 5.08. The summed E-state index contributed by atoms with van der Waals surface area (Å²) < 4.78 is 0. The molecule has 0 unspecified atom stereocenters. The Hall–Kier alpha value is -1.71. The van der Waals surface area contributed by atoms with E-state index in [1.165, 1.54) is 12.8 Å². The molecule has 0 saturated heterocycles. The average Bonchev–Trinajstić information content (AvgIpc) is 3.04. The molecule has 17 heavy (non-hydrogen) atoms. The van der Waals surface area contributed by atoms with E-state index in [4.69, 9.17) is 11.5 Å². The van der Waals surface area contributed by atoms with Gasteiger partial charge in [-0.2, -0.15) is 0 Å². The molecule has 1 aliphatic rings. The molecule has 1 fully saturated rings. The summed E-state index contributed by atoms with van der Waals surface area (Å²) in [5, 5.41) is 3.41. The zero-order valence-corrected chi connectivity index (χ0v) is 10.3. The number of benzene rings is 1. The van der Waals surface area contributed by atoms with Gasteiger partial charge < -0.3 is 16.8 Å². The fourth-order valence-corrected chi connectivity index (χ4v) is 2.07. The molecule has 1 aliphatic carbocycles. The number of carbonyl (C=O) groups is 1. The van der Waals surface area contributed by atoms with Gasteiger partial charge in [-0.05, 0) is 50.8 Å². The van der Waals surface area contributed by atoms with E-state index in [1.807, 2.05) is 0 Å². The van der Waals surface area contributed by atoms with E-state index in [0.717, 1.165) is 5.69 Å². The molecule has 1 aromatic rings. The number of hydrogen-bond donors (Lipinski definition) is 3. The number of rotatable bonds is 4. The van der Waals surface area contributed by atoms with Crippen LogP contribution < -0.4 is 16.8 Å². The van der Waals surface area contributed by atoms with E-state index >= 15 is 0 Å². The molecule has 1 amide bonds. The van der Waals surface area contributed by atoms with Gasteiger partial charge in [0.25, 0.3) is 0 Å². The summed E-state index contributed by atoms with van der Waals surface area (Å²) in [4.78, 5) is 11.1. The molecule has 4 nitrogen and oxygen atoms in total. The molecule has 2 rings (SSSR count). The lowest BCUT2D eigenvalue weighted by Crippen LogP contribution is -2.33. The van der Waals surface area contributed by atoms with Crippen molar-refractivity contribution in [3.05, 3.63) is 23.8 Å². The lowest BCUT2D eigenvalue weighted by Gasteiger charge is -2.28. The molecule has 1 saturated carbocycles. The van der Waals surface area contributed by atoms with Crippen molar-refractivity contribution in [1.29, 1.82) is 0 Å². The van der Waals surface area contributed by atoms with Crippen molar-refractivity contribution in [3.8, 4) is 0 Å². The highest BCUT2D eigenvalue weighted by Gasteiger charge is 2.37. The Labute approximate surface area is 101 Å². The van der Waals surface area contributed by atoms with E-state index in [1.54, 1.807) is 18.2 Å².